The molecule has 1 aromatic carbocycles. The smallest absolute Gasteiger partial charge is 0.145 e. The van der Waals surface area contributed by atoms with E-state index in [1.807, 2.05) is 0 Å². The molecule has 0 radical (unpaired) electrons. The molecule has 0 saturated heterocycles. The fourth-order valence-electron chi connectivity index (χ4n) is 2.56. The van der Waals surface area contributed by atoms with Gasteiger partial charge in [-0.2, -0.15) is 0 Å². The molecule has 2 nitrogen and oxygen atoms in total. The molecule has 0 fully saturated rings. The van der Waals surface area contributed by atoms with Crippen molar-refractivity contribution in [1.29, 1.82) is 0 Å². The molecule has 0 atom stereocenters. The summed E-state index contributed by atoms with van der Waals surface area (Å²) in [5, 5.41) is 4.38. The van der Waals surface area contributed by atoms with E-state index in [1.165, 1.54) is 16.7 Å². The number of hydrogen-bond donors (Lipinski definition) is 1. The zero-order chi connectivity index (χ0) is 15.6. The van der Waals surface area contributed by atoms with Crippen LogP contribution in [0.2, 0.25) is 10.0 Å². The van der Waals surface area contributed by atoms with Gasteiger partial charge in [0, 0.05) is 12.1 Å². The Kier molecular flexibility index (Phi) is 5.13. The summed E-state index contributed by atoms with van der Waals surface area (Å²) in [5.74, 6) is 0.692. The van der Waals surface area contributed by atoms with Crippen molar-refractivity contribution in [2.75, 3.05) is 11.9 Å². The van der Waals surface area contributed by atoms with Gasteiger partial charge in [-0.15, -0.1) is 0 Å². The molecule has 0 amide bonds. The second-order valence-electron chi connectivity index (χ2n) is 5.35. The van der Waals surface area contributed by atoms with E-state index in [4.69, 9.17) is 23.2 Å². The van der Waals surface area contributed by atoms with Crippen LogP contribution in [0.4, 0.5) is 5.82 Å². The first-order valence-electron chi connectivity index (χ1n) is 7.12. The van der Waals surface area contributed by atoms with Crippen LogP contribution >= 0.6 is 23.2 Å². The summed E-state index contributed by atoms with van der Waals surface area (Å²) in [6.45, 7) is 9.20. The third-order valence-electron chi connectivity index (χ3n) is 3.39. The highest BCUT2D eigenvalue weighted by atomic mass is 35.5. The molecule has 0 unspecified atom stereocenters. The Hall–Kier alpha value is -1.25. The third-order valence-corrected chi connectivity index (χ3v) is 3.96. The van der Waals surface area contributed by atoms with Crippen LogP contribution < -0.4 is 5.32 Å². The fourth-order valence-corrected chi connectivity index (χ4v) is 3.08. The van der Waals surface area contributed by atoms with E-state index in [1.54, 1.807) is 6.07 Å². The molecule has 4 heteroatoms. The van der Waals surface area contributed by atoms with Crippen molar-refractivity contribution in [3.63, 3.8) is 0 Å². The highest BCUT2D eigenvalue weighted by Crippen LogP contribution is 2.36. The summed E-state index contributed by atoms with van der Waals surface area (Å²) in [7, 11) is 0. The lowest BCUT2D eigenvalue weighted by atomic mass is 9.97. The quantitative estimate of drug-likeness (QED) is 0.769. The predicted molar refractivity (Wildman–Crippen MR) is 92.7 cm³/mol. The second kappa shape index (κ2) is 6.67. The van der Waals surface area contributed by atoms with Crippen molar-refractivity contribution < 1.29 is 0 Å². The van der Waals surface area contributed by atoms with Gasteiger partial charge >= 0.3 is 0 Å². The maximum absolute atomic E-state index is 6.38. The topological polar surface area (TPSA) is 24.9 Å². The summed E-state index contributed by atoms with van der Waals surface area (Å²) in [6.07, 6.45) is 1.01. The van der Waals surface area contributed by atoms with Gasteiger partial charge in [0.15, 0.2) is 0 Å². The Balaban J connectivity index is 2.58. The van der Waals surface area contributed by atoms with E-state index >= 15 is 0 Å². The van der Waals surface area contributed by atoms with Gasteiger partial charge in [0.2, 0.25) is 0 Å². The Morgan fingerprint density at radius 3 is 2.19 bits per heavy atom. The molecule has 0 aliphatic rings. The van der Waals surface area contributed by atoms with Gasteiger partial charge in [-0.05, 0) is 44.4 Å². The summed E-state index contributed by atoms with van der Waals surface area (Å²) in [6, 6.07) is 6.06. The van der Waals surface area contributed by atoms with Crippen molar-refractivity contribution in [3.8, 4) is 11.3 Å². The molecule has 1 N–H and O–H groups in total. The second-order valence-corrected chi connectivity index (χ2v) is 6.16. The standard InChI is InChI=1S/C17H20Cl2N2/c1-5-6-20-17-14(19)9-13(18)16(21-17)15-11(3)7-10(2)8-12(15)4/h7-9H,5-6H2,1-4H3,(H,20,21). The lowest BCUT2D eigenvalue weighted by Crippen LogP contribution is -2.04. The Bertz CT molecular complexity index is 643. The van der Waals surface area contributed by atoms with Crippen LogP contribution in [-0.4, -0.2) is 11.5 Å². The number of rotatable bonds is 4. The average molecular weight is 323 g/mol. The molecule has 2 rings (SSSR count). The van der Waals surface area contributed by atoms with E-state index in [9.17, 15) is 0 Å². The lowest BCUT2D eigenvalue weighted by molar-refractivity contribution is 0.970. The summed E-state index contributed by atoms with van der Waals surface area (Å²) in [4.78, 5) is 4.66. The summed E-state index contributed by atoms with van der Waals surface area (Å²) < 4.78 is 0. The van der Waals surface area contributed by atoms with Crippen molar-refractivity contribution in [3.05, 3.63) is 44.9 Å². The molecule has 0 aliphatic carbocycles. The molecule has 2 aromatic rings. The largest absolute Gasteiger partial charge is 0.369 e. The average Bonchev–Trinajstić information content (AvgIpc) is 2.38. The Morgan fingerprint density at radius 2 is 1.62 bits per heavy atom. The molecule has 0 saturated carbocycles. The Morgan fingerprint density at radius 1 is 1.00 bits per heavy atom. The zero-order valence-corrected chi connectivity index (χ0v) is 14.4. The number of hydrogen-bond acceptors (Lipinski definition) is 2. The Labute approximate surface area is 136 Å². The van der Waals surface area contributed by atoms with Crippen LogP contribution in [0.15, 0.2) is 18.2 Å². The van der Waals surface area contributed by atoms with Gasteiger partial charge in [-0.1, -0.05) is 47.8 Å². The van der Waals surface area contributed by atoms with E-state index < -0.39 is 0 Å². The monoisotopic (exact) mass is 322 g/mol. The minimum absolute atomic E-state index is 0.555. The first-order valence-corrected chi connectivity index (χ1v) is 7.87. The minimum Gasteiger partial charge on any atom is -0.369 e. The third kappa shape index (κ3) is 3.50. The molecule has 0 spiro atoms. The fraction of sp³-hybridized carbons (Fsp3) is 0.353. The van der Waals surface area contributed by atoms with Crippen LogP contribution in [0.1, 0.15) is 30.0 Å². The molecule has 21 heavy (non-hydrogen) atoms. The summed E-state index contributed by atoms with van der Waals surface area (Å²) >= 11 is 12.6. The van der Waals surface area contributed by atoms with Crippen LogP contribution in [0, 0.1) is 20.8 Å². The number of benzene rings is 1. The zero-order valence-electron chi connectivity index (χ0n) is 12.8. The number of nitrogens with one attached hydrogen (secondary N) is 1. The van der Waals surface area contributed by atoms with E-state index in [0.717, 1.165) is 24.2 Å². The number of aryl methyl sites for hydroxylation is 3. The first kappa shape index (κ1) is 16.1. The van der Waals surface area contributed by atoms with Crippen LogP contribution in [0.3, 0.4) is 0 Å². The van der Waals surface area contributed by atoms with Crippen LogP contribution in [0.5, 0.6) is 0 Å². The maximum atomic E-state index is 6.38. The summed E-state index contributed by atoms with van der Waals surface area (Å²) in [5.41, 5.74) is 5.45. The molecule has 1 aromatic heterocycles. The number of anilines is 1. The van der Waals surface area contributed by atoms with Gasteiger partial charge in [-0.3, -0.25) is 0 Å². The highest BCUT2D eigenvalue weighted by molar-refractivity contribution is 6.37. The van der Waals surface area contributed by atoms with Crippen molar-refractivity contribution in [1.82, 2.24) is 4.98 Å². The molecular formula is C17H20Cl2N2. The van der Waals surface area contributed by atoms with Crippen molar-refractivity contribution in [2.24, 2.45) is 0 Å². The predicted octanol–water partition coefficient (Wildman–Crippen LogP) is 5.80. The molecule has 112 valence electrons. The SMILES string of the molecule is CCCNc1nc(-c2c(C)cc(C)cc2C)c(Cl)cc1Cl. The molecule has 1 heterocycles. The normalized spacial score (nSPS) is 10.8. The molecule has 0 bridgehead atoms. The number of pyridine rings is 1. The maximum Gasteiger partial charge on any atom is 0.145 e. The minimum atomic E-state index is 0.555. The van der Waals surface area contributed by atoms with Gasteiger partial charge in [0.1, 0.15) is 5.82 Å². The first-order chi connectivity index (χ1) is 9.93. The van der Waals surface area contributed by atoms with E-state index in [0.29, 0.717) is 15.9 Å². The van der Waals surface area contributed by atoms with Crippen LogP contribution in [0.25, 0.3) is 11.3 Å². The highest BCUT2D eigenvalue weighted by Gasteiger charge is 2.15. The van der Waals surface area contributed by atoms with Crippen molar-refractivity contribution >= 4 is 29.0 Å². The van der Waals surface area contributed by atoms with Crippen molar-refractivity contribution in [2.45, 2.75) is 34.1 Å². The molecule has 0 aliphatic heterocycles. The number of halogens is 2. The number of nitrogens with zero attached hydrogens (tertiary/aromatic N) is 1. The molecular weight excluding hydrogens is 303 g/mol. The van der Waals surface area contributed by atoms with Crippen LogP contribution in [-0.2, 0) is 0 Å². The number of aromatic nitrogens is 1. The van der Waals surface area contributed by atoms with Gasteiger partial charge in [-0.25, -0.2) is 4.98 Å². The lowest BCUT2D eigenvalue weighted by Gasteiger charge is -2.15. The van der Waals surface area contributed by atoms with Gasteiger partial charge < -0.3 is 5.32 Å². The van der Waals surface area contributed by atoms with E-state index in [2.05, 4.69) is 50.1 Å². The van der Waals surface area contributed by atoms with Gasteiger partial charge in [0.25, 0.3) is 0 Å². The van der Waals surface area contributed by atoms with E-state index in [-0.39, 0.29) is 0 Å². The van der Waals surface area contributed by atoms with Gasteiger partial charge in [0.05, 0.1) is 15.7 Å².